The average molecular weight is 456 g/mol. The predicted octanol–water partition coefficient (Wildman–Crippen LogP) is 6.24. The third-order valence-electron chi connectivity index (χ3n) is 7.95. The third kappa shape index (κ3) is 8.52. The van der Waals surface area contributed by atoms with Gasteiger partial charge < -0.3 is 14.8 Å². The predicted molar refractivity (Wildman–Crippen MR) is 131 cm³/mol. The maximum atomic E-state index is 12.6. The highest BCUT2D eigenvalue weighted by atomic mass is 28.4. The first-order chi connectivity index (χ1) is 14.3. The highest BCUT2D eigenvalue weighted by molar-refractivity contribution is 6.74. The Morgan fingerprint density at radius 3 is 2.26 bits per heavy atom. The summed E-state index contributed by atoms with van der Waals surface area (Å²) in [5.41, 5.74) is 0. The fourth-order valence-corrected chi connectivity index (χ4v) is 5.92. The van der Waals surface area contributed by atoms with Gasteiger partial charge in [-0.2, -0.15) is 0 Å². The van der Waals surface area contributed by atoms with Crippen molar-refractivity contribution in [3.63, 3.8) is 0 Å². The summed E-state index contributed by atoms with van der Waals surface area (Å²) in [5.74, 6) is -0.635. The van der Waals surface area contributed by atoms with E-state index in [9.17, 15) is 14.7 Å². The van der Waals surface area contributed by atoms with Gasteiger partial charge in [-0.3, -0.25) is 9.59 Å². The van der Waals surface area contributed by atoms with E-state index in [1.54, 1.807) is 0 Å². The van der Waals surface area contributed by atoms with Crippen LogP contribution in [-0.4, -0.2) is 37.9 Å². The molecule has 31 heavy (non-hydrogen) atoms. The maximum absolute atomic E-state index is 12.6. The molecule has 1 heterocycles. The third-order valence-corrected chi connectivity index (χ3v) is 12.5. The number of carbonyl (C=O) groups is 2. The number of amides is 1. The van der Waals surface area contributed by atoms with Crippen LogP contribution in [0.2, 0.25) is 18.1 Å². The van der Waals surface area contributed by atoms with Gasteiger partial charge in [-0.05, 0) is 74.9 Å². The average Bonchev–Trinajstić information content (AvgIpc) is 2.66. The molecule has 0 aliphatic carbocycles. The molecule has 0 radical (unpaired) electrons. The molecule has 0 aromatic rings. The first-order valence-corrected chi connectivity index (χ1v) is 15.4. The summed E-state index contributed by atoms with van der Waals surface area (Å²) in [6.07, 6.45) is 6.93. The van der Waals surface area contributed by atoms with Crippen molar-refractivity contribution < 1.29 is 19.1 Å². The molecular formula is C25H49NO4Si. The summed E-state index contributed by atoms with van der Waals surface area (Å²) in [5, 5.41) is 13.1. The van der Waals surface area contributed by atoms with Gasteiger partial charge in [0.05, 0.1) is 5.92 Å². The van der Waals surface area contributed by atoms with E-state index in [0.717, 1.165) is 38.5 Å². The van der Waals surface area contributed by atoms with E-state index in [4.69, 9.17) is 4.43 Å². The van der Waals surface area contributed by atoms with Crippen LogP contribution < -0.4 is 5.32 Å². The monoisotopic (exact) mass is 455 g/mol. The van der Waals surface area contributed by atoms with Crippen LogP contribution in [0, 0.1) is 23.7 Å². The molecule has 0 aromatic carbocycles. The van der Waals surface area contributed by atoms with E-state index in [0.29, 0.717) is 25.3 Å². The quantitative estimate of drug-likeness (QED) is 0.481. The molecule has 1 rings (SSSR count). The molecule has 0 aromatic heterocycles. The summed E-state index contributed by atoms with van der Waals surface area (Å²) in [6, 6.07) is 0. The molecule has 0 saturated carbocycles. The van der Waals surface area contributed by atoms with Crippen molar-refractivity contribution in [3.05, 3.63) is 0 Å². The van der Waals surface area contributed by atoms with Crippen molar-refractivity contribution in [2.45, 2.75) is 117 Å². The standard InChI is InChI=1S/C25H49NO4Si/c1-9-19-12-11-17-26-23(27)20(10-2)14-15-21(24(28)29)18(3)13-16-22(19)30-31(7,8)25(4,5)6/h18-22H,9-17H2,1-8H3,(H,26,27)(H,28,29)/t18-,19-,20-,21?,22-/m1/s1. The zero-order valence-electron chi connectivity index (χ0n) is 21.4. The molecule has 1 aliphatic heterocycles. The second-order valence-corrected chi connectivity index (χ2v) is 16.0. The molecule has 182 valence electrons. The number of carbonyl (C=O) groups excluding carboxylic acids is 1. The SMILES string of the molecule is CC[C@@H]1CCC(C(=O)O)[C@H](C)CC[C@@H](O[Si](C)(C)C(C)(C)C)[C@H](CC)CCCNC1=O. The zero-order valence-corrected chi connectivity index (χ0v) is 22.4. The molecule has 1 amide bonds. The summed E-state index contributed by atoms with van der Waals surface area (Å²) in [4.78, 5) is 24.6. The summed E-state index contributed by atoms with van der Waals surface area (Å²) in [6.45, 7) is 18.4. The van der Waals surface area contributed by atoms with E-state index in [-0.39, 0.29) is 28.9 Å². The number of nitrogens with one attached hydrogen (secondary N) is 1. The second-order valence-electron chi connectivity index (χ2n) is 11.2. The lowest BCUT2D eigenvalue weighted by atomic mass is 9.81. The van der Waals surface area contributed by atoms with Crippen molar-refractivity contribution in [1.29, 1.82) is 0 Å². The topological polar surface area (TPSA) is 75.6 Å². The Labute approximate surface area is 192 Å². The summed E-state index contributed by atoms with van der Waals surface area (Å²) < 4.78 is 6.91. The minimum Gasteiger partial charge on any atom is -0.481 e. The van der Waals surface area contributed by atoms with Gasteiger partial charge in [-0.1, -0.05) is 48.0 Å². The first-order valence-electron chi connectivity index (χ1n) is 12.5. The minimum atomic E-state index is -1.93. The molecule has 5 nitrogen and oxygen atoms in total. The Morgan fingerprint density at radius 1 is 1.10 bits per heavy atom. The molecule has 6 heteroatoms. The van der Waals surface area contributed by atoms with Gasteiger partial charge in [-0.25, -0.2) is 0 Å². The Morgan fingerprint density at radius 2 is 1.74 bits per heavy atom. The van der Waals surface area contributed by atoms with Gasteiger partial charge >= 0.3 is 5.97 Å². The zero-order chi connectivity index (χ0) is 23.8. The molecule has 1 saturated heterocycles. The number of carboxylic acids is 1. The van der Waals surface area contributed by atoms with Gasteiger partial charge in [-0.15, -0.1) is 0 Å². The van der Waals surface area contributed by atoms with Crippen molar-refractivity contribution in [1.82, 2.24) is 5.32 Å². The number of carboxylic acid groups (broad SMARTS) is 1. The molecule has 0 spiro atoms. The molecular weight excluding hydrogens is 406 g/mol. The van der Waals surface area contributed by atoms with Crippen LogP contribution in [0.4, 0.5) is 0 Å². The van der Waals surface area contributed by atoms with Gasteiger partial charge in [0.2, 0.25) is 5.91 Å². The van der Waals surface area contributed by atoms with Crippen molar-refractivity contribution in [3.8, 4) is 0 Å². The smallest absolute Gasteiger partial charge is 0.306 e. The molecule has 5 atom stereocenters. The van der Waals surface area contributed by atoms with Crippen LogP contribution in [0.15, 0.2) is 0 Å². The van der Waals surface area contributed by atoms with Crippen molar-refractivity contribution >= 4 is 20.2 Å². The first kappa shape index (κ1) is 28.2. The normalized spacial score (nSPS) is 30.3. The molecule has 1 unspecified atom stereocenters. The fourth-order valence-electron chi connectivity index (χ4n) is 4.50. The summed E-state index contributed by atoms with van der Waals surface area (Å²) >= 11 is 0. The van der Waals surface area contributed by atoms with Crippen LogP contribution in [0.3, 0.4) is 0 Å². The second kappa shape index (κ2) is 12.4. The van der Waals surface area contributed by atoms with E-state index in [1.165, 1.54) is 0 Å². The van der Waals surface area contributed by atoms with Crippen LogP contribution >= 0.6 is 0 Å². The maximum Gasteiger partial charge on any atom is 0.306 e. The van der Waals surface area contributed by atoms with Gasteiger partial charge in [0, 0.05) is 18.6 Å². The lowest BCUT2D eigenvalue weighted by molar-refractivity contribution is -0.144. The van der Waals surface area contributed by atoms with Crippen LogP contribution in [0.5, 0.6) is 0 Å². The van der Waals surface area contributed by atoms with E-state index < -0.39 is 20.2 Å². The minimum absolute atomic E-state index is 0.0732. The highest BCUT2D eigenvalue weighted by Crippen LogP contribution is 2.40. The Hall–Kier alpha value is -0.883. The molecule has 1 aliphatic rings. The highest BCUT2D eigenvalue weighted by Gasteiger charge is 2.40. The van der Waals surface area contributed by atoms with Gasteiger partial charge in [0.15, 0.2) is 8.32 Å². The van der Waals surface area contributed by atoms with Crippen molar-refractivity contribution in [2.24, 2.45) is 23.7 Å². The lowest BCUT2D eigenvalue weighted by Gasteiger charge is -2.42. The van der Waals surface area contributed by atoms with Crippen LogP contribution in [-0.2, 0) is 14.0 Å². The molecule has 0 bridgehead atoms. The summed E-state index contributed by atoms with van der Waals surface area (Å²) in [7, 11) is -1.93. The van der Waals surface area contributed by atoms with Crippen molar-refractivity contribution in [2.75, 3.05) is 6.54 Å². The van der Waals surface area contributed by atoms with Gasteiger partial charge in [0.1, 0.15) is 0 Å². The number of hydrogen-bond acceptors (Lipinski definition) is 3. The Balaban J connectivity index is 3.11. The molecule has 1 fully saturated rings. The number of hydrogen-bond donors (Lipinski definition) is 2. The number of aliphatic carboxylic acids is 1. The van der Waals surface area contributed by atoms with Gasteiger partial charge in [0.25, 0.3) is 0 Å². The van der Waals surface area contributed by atoms with Crippen LogP contribution in [0.1, 0.15) is 92.9 Å². The van der Waals surface area contributed by atoms with E-state index in [1.807, 2.05) is 6.92 Å². The van der Waals surface area contributed by atoms with E-state index in [2.05, 4.69) is 53.0 Å². The Bertz CT molecular complexity index is 572. The largest absolute Gasteiger partial charge is 0.481 e. The lowest BCUT2D eigenvalue weighted by Crippen LogP contribution is -2.46. The Kier molecular flexibility index (Phi) is 11.2. The van der Waals surface area contributed by atoms with E-state index >= 15 is 0 Å². The molecule has 2 N–H and O–H groups in total. The fraction of sp³-hybridized carbons (Fsp3) is 0.920. The number of rotatable bonds is 5. The van der Waals surface area contributed by atoms with Crippen LogP contribution in [0.25, 0.3) is 0 Å².